The van der Waals surface area contributed by atoms with Crippen LogP contribution in [0.1, 0.15) is 26.2 Å². The molecule has 3 nitrogen and oxygen atoms in total. The highest BCUT2D eigenvalue weighted by Gasteiger charge is 2.26. The van der Waals surface area contributed by atoms with Crippen LogP contribution in [-0.2, 0) is 9.53 Å². The van der Waals surface area contributed by atoms with E-state index in [0.717, 1.165) is 24.0 Å². The van der Waals surface area contributed by atoms with Crippen LogP contribution < -0.4 is 5.32 Å². The fourth-order valence-corrected chi connectivity index (χ4v) is 2.26. The van der Waals surface area contributed by atoms with Crippen LogP contribution in [-0.4, -0.2) is 37.2 Å². The maximum absolute atomic E-state index is 10.8. The average Bonchev–Trinajstić information content (AvgIpc) is 3.05. The number of hydrogen-bond donors (Lipinski definition) is 1. The summed E-state index contributed by atoms with van der Waals surface area (Å²) in [5.74, 6) is 2.76. The van der Waals surface area contributed by atoms with Gasteiger partial charge in [-0.05, 0) is 25.7 Å². The van der Waals surface area contributed by atoms with Crippen molar-refractivity contribution < 1.29 is 9.53 Å². The Bertz CT molecular complexity index is 195. The van der Waals surface area contributed by atoms with Gasteiger partial charge in [0.1, 0.15) is 0 Å². The third-order valence-electron chi connectivity index (χ3n) is 2.72. The zero-order chi connectivity index (χ0) is 11.1. The summed E-state index contributed by atoms with van der Waals surface area (Å²) in [5, 5.41) is 3.51. The van der Waals surface area contributed by atoms with Crippen LogP contribution in [0, 0.1) is 5.92 Å². The van der Waals surface area contributed by atoms with E-state index >= 15 is 0 Å². The molecule has 1 atom stereocenters. The van der Waals surface area contributed by atoms with Crippen molar-refractivity contribution in [1.82, 2.24) is 5.32 Å². The molecule has 0 aromatic heterocycles. The Morgan fingerprint density at radius 1 is 1.53 bits per heavy atom. The fraction of sp³-hybridized carbons (Fsp3) is 0.909. The van der Waals surface area contributed by atoms with Gasteiger partial charge in [0, 0.05) is 24.1 Å². The molecule has 0 heterocycles. The van der Waals surface area contributed by atoms with Crippen molar-refractivity contribution in [1.29, 1.82) is 0 Å². The number of nitrogens with one attached hydrogen (secondary N) is 1. The van der Waals surface area contributed by atoms with Gasteiger partial charge >= 0.3 is 5.97 Å². The van der Waals surface area contributed by atoms with Gasteiger partial charge in [0.05, 0.1) is 13.5 Å². The molecule has 15 heavy (non-hydrogen) atoms. The summed E-state index contributed by atoms with van der Waals surface area (Å²) in [6, 6.07) is 0.672. The van der Waals surface area contributed by atoms with Crippen molar-refractivity contribution in [3.8, 4) is 0 Å². The molecule has 0 saturated heterocycles. The van der Waals surface area contributed by atoms with E-state index in [1.807, 2.05) is 11.8 Å². The first-order chi connectivity index (χ1) is 7.24. The summed E-state index contributed by atoms with van der Waals surface area (Å²) in [7, 11) is 1.44. The Morgan fingerprint density at radius 3 is 2.87 bits per heavy atom. The Labute approximate surface area is 96.3 Å². The van der Waals surface area contributed by atoms with Gasteiger partial charge in [-0.25, -0.2) is 0 Å². The first kappa shape index (κ1) is 12.8. The molecule has 0 spiro atoms. The predicted molar refractivity (Wildman–Crippen MR) is 64.1 cm³/mol. The van der Waals surface area contributed by atoms with Crippen molar-refractivity contribution in [2.75, 3.05) is 25.2 Å². The van der Waals surface area contributed by atoms with Gasteiger partial charge in [-0.1, -0.05) is 0 Å². The largest absolute Gasteiger partial charge is 0.469 e. The van der Waals surface area contributed by atoms with Crippen LogP contribution in [0.25, 0.3) is 0 Å². The second-order valence-electron chi connectivity index (χ2n) is 4.02. The smallest absolute Gasteiger partial charge is 0.306 e. The minimum atomic E-state index is -0.109. The highest BCUT2D eigenvalue weighted by molar-refractivity contribution is 7.99. The lowest BCUT2D eigenvalue weighted by Crippen LogP contribution is -2.29. The molecule has 1 aliphatic rings. The summed E-state index contributed by atoms with van der Waals surface area (Å²) < 4.78 is 4.57. The summed E-state index contributed by atoms with van der Waals surface area (Å²) in [4.78, 5) is 10.8. The molecule has 0 aromatic carbocycles. The third kappa shape index (κ3) is 6.05. The van der Waals surface area contributed by atoms with E-state index in [1.165, 1.54) is 20.0 Å². The Kier molecular flexibility index (Phi) is 6.10. The number of esters is 1. The first-order valence-electron chi connectivity index (χ1n) is 5.62. The molecule has 0 aliphatic heterocycles. The SMILES string of the molecule is COC(=O)CCSCCNC(C)C1CC1. The van der Waals surface area contributed by atoms with E-state index < -0.39 is 0 Å². The number of carbonyl (C=O) groups excluding carboxylic acids is 1. The quantitative estimate of drug-likeness (QED) is 0.509. The number of rotatable bonds is 8. The van der Waals surface area contributed by atoms with Crippen LogP contribution in [0.15, 0.2) is 0 Å². The van der Waals surface area contributed by atoms with Crippen LogP contribution in [0.3, 0.4) is 0 Å². The molecule has 0 bridgehead atoms. The molecule has 1 unspecified atom stereocenters. The number of ether oxygens (including phenoxy) is 1. The van der Waals surface area contributed by atoms with E-state index in [9.17, 15) is 4.79 Å². The topological polar surface area (TPSA) is 38.3 Å². The monoisotopic (exact) mass is 231 g/mol. The van der Waals surface area contributed by atoms with Crippen LogP contribution in [0.4, 0.5) is 0 Å². The van der Waals surface area contributed by atoms with E-state index in [0.29, 0.717) is 12.5 Å². The van der Waals surface area contributed by atoms with E-state index in [1.54, 1.807) is 0 Å². The maximum Gasteiger partial charge on any atom is 0.306 e. The highest BCUT2D eigenvalue weighted by atomic mass is 32.2. The number of hydrogen-bond acceptors (Lipinski definition) is 4. The predicted octanol–water partition coefficient (Wildman–Crippen LogP) is 1.67. The molecule has 88 valence electrons. The zero-order valence-electron chi connectivity index (χ0n) is 9.62. The molecule has 1 fully saturated rings. The standard InChI is InChI=1S/C11H21NO2S/c1-9(10-3-4-10)12-6-8-15-7-5-11(13)14-2/h9-10,12H,3-8H2,1-2H3. The molecule has 0 amide bonds. The van der Waals surface area contributed by atoms with Crippen molar-refractivity contribution >= 4 is 17.7 Å². The lowest BCUT2D eigenvalue weighted by atomic mass is 10.2. The van der Waals surface area contributed by atoms with Gasteiger partial charge in [0.25, 0.3) is 0 Å². The number of thioether (sulfide) groups is 1. The molecule has 4 heteroatoms. The molecule has 1 saturated carbocycles. The minimum Gasteiger partial charge on any atom is -0.469 e. The summed E-state index contributed by atoms with van der Waals surface area (Å²) in [6.45, 7) is 3.31. The summed E-state index contributed by atoms with van der Waals surface area (Å²) in [6.07, 6.45) is 3.31. The van der Waals surface area contributed by atoms with Gasteiger partial charge in [0.2, 0.25) is 0 Å². The van der Waals surface area contributed by atoms with Gasteiger partial charge in [0.15, 0.2) is 0 Å². The van der Waals surface area contributed by atoms with Crippen molar-refractivity contribution in [2.45, 2.75) is 32.2 Å². The van der Waals surface area contributed by atoms with Gasteiger partial charge in [-0.15, -0.1) is 0 Å². The van der Waals surface area contributed by atoms with Gasteiger partial charge in [-0.2, -0.15) is 11.8 Å². The van der Waals surface area contributed by atoms with Crippen LogP contribution >= 0.6 is 11.8 Å². The molecule has 0 radical (unpaired) electrons. The maximum atomic E-state index is 10.8. The third-order valence-corrected chi connectivity index (χ3v) is 3.71. The first-order valence-corrected chi connectivity index (χ1v) is 6.77. The molecule has 1 rings (SSSR count). The normalized spacial score (nSPS) is 17.5. The molecule has 1 aliphatic carbocycles. The summed E-state index contributed by atoms with van der Waals surface area (Å²) >= 11 is 1.81. The van der Waals surface area contributed by atoms with E-state index in [4.69, 9.17) is 0 Å². The van der Waals surface area contributed by atoms with Crippen molar-refractivity contribution in [3.63, 3.8) is 0 Å². The zero-order valence-corrected chi connectivity index (χ0v) is 10.4. The van der Waals surface area contributed by atoms with Gasteiger partial charge < -0.3 is 10.1 Å². The second kappa shape index (κ2) is 7.12. The van der Waals surface area contributed by atoms with Crippen LogP contribution in [0.5, 0.6) is 0 Å². The Balaban J connectivity index is 1.82. The van der Waals surface area contributed by atoms with E-state index in [2.05, 4.69) is 17.0 Å². The molecule has 0 aromatic rings. The fourth-order valence-electron chi connectivity index (χ4n) is 1.48. The second-order valence-corrected chi connectivity index (χ2v) is 5.24. The van der Waals surface area contributed by atoms with Gasteiger partial charge in [-0.3, -0.25) is 4.79 Å². The minimum absolute atomic E-state index is 0.109. The molecule has 1 N–H and O–H groups in total. The average molecular weight is 231 g/mol. The highest BCUT2D eigenvalue weighted by Crippen LogP contribution is 2.32. The number of carbonyl (C=O) groups is 1. The lowest BCUT2D eigenvalue weighted by Gasteiger charge is -2.11. The van der Waals surface area contributed by atoms with Crippen LogP contribution in [0.2, 0.25) is 0 Å². The molecular weight excluding hydrogens is 210 g/mol. The summed E-state index contributed by atoms with van der Waals surface area (Å²) in [5.41, 5.74) is 0. The van der Waals surface area contributed by atoms with Crippen molar-refractivity contribution in [2.24, 2.45) is 5.92 Å². The van der Waals surface area contributed by atoms with Crippen molar-refractivity contribution in [3.05, 3.63) is 0 Å². The molecular formula is C11H21NO2S. The number of methoxy groups -OCH3 is 1. The Morgan fingerprint density at radius 2 is 2.27 bits per heavy atom. The lowest BCUT2D eigenvalue weighted by molar-refractivity contribution is -0.140. The van der Waals surface area contributed by atoms with E-state index in [-0.39, 0.29) is 5.97 Å². The Hall–Kier alpha value is -0.220.